The number of hydrogen-bond acceptors (Lipinski definition) is 5. The van der Waals surface area contributed by atoms with Crippen molar-refractivity contribution in [1.82, 2.24) is 4.98 Å². The molecule has 3 nitrogen and oxygen atoms in total. The highest BCUT2D eigenvalue weighted by molar-refractivity contribution is 7.99. The number of nitrogens with zero attached hydrogens (tertiary/aromatic N) is 2. The average molecular weight is 422 g/mol. The van der Waals surface area contributed by atoms with E-state index in [1.807, 2.05) is 35.7 Å². The molecule has 0 bridgehead atoms. The fourth-order valence-electron chi connectivity index (χ4n) is 2.49. The van der Waals surface area contributed by atoms with E-state index in [4.69, 9.17) is 11.6 Å². The Labute approximate surface area is 177 Å². The Morgan fingerprint density at radius 3 is 2.36 bits per heavy atom. The maximum absolute atomic E-state index is 5.88. The van der Waals surface area contributed by atoms with Gasteiger partial charge in [-0.05, 0) is 42.0 Å². The minimum atomic E-state index is 0.711. The molecule has 3 aromatic carbocycles. The number of anilines is 1. The standard InChI is InChI=1S/C22H16ClN3S2/c23-18-10-6-16(7-11-18)14-24-26-22-25-21(15-27-22)17-8-12-20(13-9-17)28-19-4-2-1-3-5-19/h1-15H,(H,25,26)/b24-14+. The van der Waals surface area contributed by atoms with Crippen LogP contribution < -0.4 is 5.43 Å². The van der Waals surface area contributed by atoms with Crippen LogP contribution in [0.15, 0.2) is 99.1 Å². The quantitative estimate of drug-likeness (QED) is 0.267. The molecule has 6 heteroatoms. The third-order valence-electron chi connectivity index (χ3n) is 3.88. The van der Waals surface area contributed by atoms with Gasteiger partial charge in [0.05, 0.1) is 11.9 Å². The normalized spacial score (nSPS) is 11.0. The highest BCUT2D eigenvalue weighted by atomic mass is 35.5. The monoisotopic (exact) mass is 421 g/mol. The number of benzene rings is 3. The summed E-state index contributed by atoms with van der Waals surface area (Å²) in [4.78, 5) is 7.04. The van der Waals surface area contributed by atoms with Crippen molar-refractivity contribution in [3.05, 3.63) is 94.8 Å². The molecule has 0 saturated carbocycles. The van der Waals surface area contributed by atoms with Crippen LogP contribution in [0.2, 0.25) is 5.02 Å². The lowest BCUT2D eigenvalue weighted by Gasteiger charge is -2.02. The maximum atomic E-state index is 5.88. The van der Waals surface area contributed by atoms with E-state index in [1.54, 1.807) is 18.0 Å². The van der Waals surface area contributed by atoms with Crippen LogP contribution in [-0.4, -0.2) is 11.2 Å². The number of rotatable bonds is 6. The molecule has 0 aliphatic carbocycles. The third kappa shape index (κ3) is 5.01. The van der Waals surface area contributed by atoms with Gasteiger partial charge in [0.2, 0.25) is 5.13 Å². The van der Waals surface area contributed by atoms with Crippen molar-refractivity contribution in [3.8, 4) is 11.3 Å². The Bertz CT molecular complexity index is 1060. The van der Waals surface area contributed by atoms with Crippen molar-refractivity contribution in [1.29, 1.82) is 0 Å². The van der Waals surface area contributed by atoms with Gasteiger partial charge in [0.1, 0.15) is 0 Å². The molecule has 1 N–H and O–H groups in total. The summed E-state index contributed by atoms with van der Waals surface area (Å²) in [5.41, 5.74) is 5.98. The van der Waals surface area contributed by atoms with Crippen molar-refractivity contribution < 1.29 is 0 Å². The van der Waals surface area contributed by atoms with Crippen molar-refractivity contribution >= 4 is 46.0 Å². The molecular formula is C22H16ClN3S2. The summed E-state index contributed by atoms with van der Waals surface area (Å²) in [5.74, 6) is 0. The molecular weight excluding hydrogens is 406 g/mol. The predicted octanol–water partition coefficient (Wildman–Crippen LogP) is 7.06. The first kappa shape index (κ1) is 18.7. The van der Waals surface area contributed by atoms with Gasteiger partial charge >= 0.3 is 0 Å². The smallest absolute Gasteiger partial charge is 0.203 e. The van der Waals surface area contributed by atoms with Gasteiger partial charge in [0.15, 0.2) is 0 Å². The molecule has 4 rings (SSSR count). The van der Waals surface area contributed by atoms with Gasteiger partial charge < -0.3 is 0 Å². The molecule has 4 aromatic rings. The third-order valence-corrected chi connectivity index (χ3v) is 5.89. The van der Waals surface area contributed by atoms with E-state index in [0.29, 0.717) is 5.02 Å². The van der Waals surface area contributed by atoms with Crippen LogP contribution in [0.5, 0.6) is 0 Å². The lowest BCUT2D eigenvalue weighted by atomic mass is 10.2. The molecule has 0 aliphatic heterocycles. The van der Waals surface area contributed by atoms with Crippen LogP contribution >= 0.6 is 34.7 Å². The summed E-state index contributed by atoms with van der Waals surface area (Å²) in [6.45, 7) is 0. The number of nitrogens with one attached hydrogen (secondary N) is 1. The van der Waals surface area contributed by atoms with Crippen molar-refractivity contribution in [3.63, 3.8) is 0 Å². The lowest BCUT2D eigenvalue weighted by molar-refractivity contribution is 1.28. The molecule has 0 radical (unpaired) electrons. The van der Waals surface area contributed by atoms with E-state index in [9.17, 15) is 0 Å². The molecule has 0 aliphatic rings. The van der Waals surface area contributed by atoms with Crippen LogP contribution in [0.25, 0.3) is 11.3 Å². The van der Waals surface area contributed by atoms with Crippen LogP contribution in [-0.2, 0) is 0 Å². The number of halogens is 1. The highest BCUT2D eigenvalue weighted by Gasteiger charge is 2.05. The first-order valence-corrected chi connectivity index (χ1v) is 10.7. The summed E-state index contributed by atoms with van der Waals surface area (Å²) in [7, 11) is 0. The Morgan fingerprint density at radius 1 is 0.893 bits per heavy atom. The fraction of sp³-hybridized carbons (Fsp3) is 0. The van der Waals surface area contributed by atoms with E-state index in [2.05, 4.69) is 64.0 Å². The second kappa shape index (κ2) is 9.06. The second-order valence-electron chi connectivity index (χ2n) is 5.90. The topological polar surface area (TPSA) is 37.3 Å². The largest absolute Gasteiger partial charge is 0.253 e. The van der Waals surface area contributed by atoms with Gasteiger partial charge in [-0.2, -0.15) is 5.10 Å². The fourth-order valence-corrected chi connectivity index (χ4v) is 4.12. The number of thiazole rings is 1. The Balaban J connectivity index is 1.39. The molecule has 0 amide bonds. The van der Waals surface area contributed by atoms with E-state index in [1.165, 1.54) is 21.1 Å². The van der Waals surface area contributed by atoms with Gasteiger partial charge in [-0.25, -0.2) is 4.98 Å². The van der Waals surface area contributed by atoms with Crippen LogP contribution in [0, 0.1) is 0 Å². The predicted molar refractivity (Wildman–Crippen MR) is 121 cm³/mol. The minimum absolute atomic E-state index is 0.711. The zero-order valence-electron chi connectivity index (χ0n) is 14.7. The van der Waals surface area contributed by atoms with Gasteiger partial charge in [0.25, 0.3) is 0 Å². The molecule has 0 fully saturated rings. The Kier molecular flexibility index (Phi) is 6.07. The van der Waals surface area contributed by atoms with Crippen LogP contribution in [0.4, 0.5) is 5.13 Å². The second-order valence-corrected chi connectivity index (χ2v) is 8.34. The van der Waals surface area contributed by atoms with Gasteiger partial charge in [0, 0.05) is 25.8 Å². The zero-order valence-corrected chi connectivity index (χ0v) is 17.1. The van der Waals surface area contributed by atoms with E-state index < -0.39 is 0 Å². The van der Waals surface area contributed by atoms with Crippen molar-refractivity contribution in [2.75, 3.05) is 5.43 Å². The summed E-state index contributed by atoms with van der Waals surface area (Å²) >= 11 is 9.16. The molecule has 0 atom stereocenters. The SMILES string of the molecule is Clc1ccc(/C=N/Nc2nc(-c3ccc(Sc4ccccc4)cc3)cs2)cc1. The first-order chi connectivity index (χ1) is 13.8. The van der Waals surface area contributed by atoms with Crippen LogP contribution in [0.3, 0.4) is 0 Å². The molecule has 0 spiro atoms. The Morgan fingerprint density at radius 2 is 1.61 bits per heavy atom. The molecule has 1 aromatic heterocycles. The number of hydrazone groups is 1. The van der Waals surface area contributed by atoms with E-state index in [-0.39, 0.29) is 0 Å². The van der Waals surface area contributed by atoms with Crippen molar-refractivity contribution in [2.24, 2.45) is 5.10 Å². The lowest BCUT2D eigenvalue weighted by Crippen LogP contribution is -1.90. The highest BCUT2D eigenvalue weighted by Crippen LogP contribution is 2.30. The number of aromatic nitrogens is 1. The van der Waals surface area contributed by atoms with Crippen LogP contribution in [0.1, 0.15) is 5.56 Å². The summed E-state index contributed by atoms with van der Waals surface area (Å²) in [5, 5.41) is 7.73. The average Bonchev–Trinajstić information content (AvgIpc) is 3.20. The summed E-state index contributed by atoms with van der Waals surface area (Å²) in [6.07, 6.45) is 1.74. The molecule has 28 heavy (non-hydrogen) atoms. The van der Waals surface area contributed by atoms with Gasteiger partial charge in [-0.3, -0.25) is 5.43 Å². The zero-order chi connectivity index (χ0) is 19.2. The summed E-state index contributed by atoms with van der Waals surface area (Å²) < 4.78 is 0. The van der Waals surface area contributed by atoms with Gasteiger partial charge in [-0.15, -0.1) is 11.3 Å². The van der Waals surface area contributed by atoms with Gasteiger partial charge in [-0.1, -0.05) is 65.8 Å². The minimum Gasteiger partial charge on any atom is -0.253 e. The number of hydrogen-bond donors (Lipinski definition) is 1. The molecule has 1 heterocycles. The summed E-state index contributed by atoms with van der Waals surface area (Å²) in [6, 6.07) is 26.3. The molecule has 0 unspecified atom stereocenters. The molecule has 138 valence electrons. The van der Waals surface area contributed by atoms with E-state index >= 15 is 0 Å². The molecule has 0 saturated heterocycles. The first-order valence-electron chi connectivity index (χ1n) is 8.60. The van der Waals surface area contributed by atoms with E-state index in [0.717, 1.165) is 22.0 Å². The maximum Gasteiger partial charge on any atom is 0.203 e. The van der Waals surface area contributed by atoms with Crippen molar-refractivity contribution in [2.45, 2.75) is 9.79 Å². The Hall–Kier alpha value is -2.60.